The smallest absolute Gasteiger partial charge is 0.307 e. The largest absolute Gasteiger partial charge is 0.494 e. The van der Waals surface area contributed by atoms with E-state index in [1.54, 1.807) is 0 Å². The first-order chi connectivity index (χ1) is 10.3. The molecule has 0 aliphatic carbocycles. The zero-order chi connectivity index (χ0) is 14.9. The summed E-state index contributed by atoms with van der Waals surface area (Å²) in [5, 5.41) is 9.06. The van der Waals surface area contributed by atoms with Gasteiger partial charge in [0.05, 0.1) is 12.5 Å². The SMILES string of the molecule is O=C(O)C1CCCN(CCCCCOc2ccccc2)C1. The summed E-state index contributed by atoms with van der Waals surface area (Å²) in [5.74, 6) is 0.119. The number of para-hydroxylation sites is 1. The van der Waals surface area contributed by atoms with E-state index in [1.807, 2.05) is 30.3 Å². The van der Waals surface area contributed by atoms with Crippen molar-refractivity contribution in [2.24, 2.45) is 5.92 Å². The molecule has 1 aromatic rings. The number of carbonyl (C=O) groups is 1. The van der Waals surface area contributed by atoms with E-state index >= 15 is 0 Å². The molecule has 0 aromatic heterocycles. The number of piperidine rings is 1. The van der Waals surface area contributed by atoms with Crippen molar-refractivity contribution in [3.05, 3.63) is 30.3 Å². The van der Waals surface area contributed by atoms with Crippen molar-refractivity contribution in [1.29, 1.82) is 0 Å². The number of nitrogens with zero attached hydrogens (tertiary/aromatic N) is 1. The lowest BCUT2D eigenvalue weighted by Crippen LogP contribution is -2.39. The minimum atomic E-state index is -0.643. The number of unbranched alkanes of at least 4 members (excludes halogenated alkanes) is 2. The van der Waals surface area contributed by atoms with Crippen LogP contribution in [0, 0.1) is 5.92 Å². The number of likely N-dealkylation sites (tertiary alicyclic amines) is 1. The first-order valence-electron chi connectivity index (χ1n) is 7.89. The number of rotatable bonds is 8. The van der Waals surface area contributed by atoms with Gasteiger partial charge in [-0.1, -0.05) is 18.2 Å². The molecule has 1 heterocycles. The van der Waals surface area contributed by atoms with Crippen LogP contribution in [0.1, 0.15) is 32.1 Å². The molecule has 4 nitrogen and oxygen atoms in total. The Labute approximate surface area is 126 Å². The van der Waals surface area contributed by atoms with Crippen molar-refractivity contribution in [2.45, 2.75) is 32.1 Å². The Bertz CT molecular complexity index is 421. The van der Waals surface area contributed by atoms with Gasteiger partial charge in [-0.2, -0.15) is 0 Å². The van der Waals surface area contributed by atoms with Gasteiger partial charge in [-0.3, -0.25) is 4.79 Å². The summed E-state index contributed by atoms with van der Waals surface area (Å²) in [4.78, 5) is 13.3. The Morgan fingerprint density at radius 2 is 2.05 bits per heavy atom. The van der Waals surface area contributed by atoms with Crippen LogP contribution >= 0.6 is 0 Å². The van der Waals surface area contributed by atoms with Crippen molar-refractivity contribution in [3.63, 3.8) is 0 Å². The lowest BCUT2D eigenvalue weighted by molar-refractivity contribution is -0.143. The lowest BCUT2D eigenvalue weighted by atomic mass is 9.98. The molecule has 0 saturated carbocycles. The Kier molecular flexibility index (Phi) is 6.54. The first-order valence-corrected chi connectivity index (χ1v) is 7.89. The molecule has 0 amide bonds. The molecule has 21 heavy (non-hydrogen) atoms. The van der Waals surface area contributed by atoms with Crippen LogP contribution in [0.3, 0.4) is 0 Å². The van der Waals surface area contributed by atoms with Crippen molar-refractivity contribution >= 4 is 5.97 Å². The van der Waals surface area contributed by atoms with E-state index in [9.17, 15) is 4.79 Å². The molecule has 1 atom stereocenters. The fourth-order valence-electron chi connectivity index (χ4n) is 2.78. The van der Waals surface area contributed by atoms with Gasteiger partial charge >= 0.3 is 5.97 Å². The van der Waals surface area contributed by atoms with E-state index in [-0.39, 0.29) is 5.92 Å². The Balaban J connectivity index is 1.52. The molecular weight excluding hydrogens is 266 g/mol. The summed E-state index contributed by atoms with van der Waals surface area (Å²) in [6.45, 7) is 3.52. The summed E-state index contributed by atoms with van der Waals surface area (Å²) >= 11 is 0. The molecule has 0 bridgehead atoms. The molecule has 1 aromatic carbocycles. The summed E-state index contributed by atoms with van der Waals surface area (Å²) < 4.78 is 5.66. The maximum absolute atomic E-state index is 11.0. The highest BCUT2D eigenvalue weighted by atomic mass is 16.5. The van der Waals surface area contributed by atoms with Crippen molar-refractivity contribution in [1.82, 2.24) is 4.90 Å². The zero-order valence-electron chi connectivity index (χ0n) is 12.5. The highest BCUT2D eigenvalue weighted by Crippen LogP contribution is 2.17. The van der Waals surface area contributed by atoms with E-state index in [4.69, 9.17) is 9.84 Å². The summed E-state index contributed by atoms with van der Waals surface area (Å²) in [6.07, 6.45) is 5.13. The van der Waals surface area contributed by atoms with Crippen LogP contribution in [-0.4, -0.2) is 42.2 Å². The van der Waals surface area contributed by atoms with Crippen molar-refractivity contribution in [3.8, 4) is 5.75 Å². The molecule has 1 fully saturated rings. The number of carboxylic acids is 1. The summed E-state index contributed by atoms with van der Waals surface area (Å²) in [5.41, 5.74) is 0. The van der Waals surface area contributed by atoms with Gasteiger partial charge in [0, 0.05) is 6.54 Å². The van der Waals surface area contributed by atoms with Gasteiger partial charge in [0.25, 0.3) is 0 Å². The molecule has 1 aliphatic rings. The third kappa shape index (κ3) is 5.76. The Morgan fingerprint density at radius 3 is 2.81 bits per heavy atom. The maximum atomic E-state index is 11.0. The zero-order valence-corrected chi connectivity index (χ0v) is 12.5. The van der Waals surface area contributed by atoms with Crippen LogP contribution in [0.2, 0.25) is 0 Å². The van der Waals surface area contributed by atoms with E-state index in [1.165, 1.54) is 0 Å². The van der Waals surface area contributed by atoms with Gasteiger partial charge in [0.15, 0.2) is 0 Å². The second-order valence-corrected chi connectivity index (χ2v) is 5.70. The van der Waals surface area contributed by atoms with E-state index in [2.05, 4.69) is 4.90 Å². The third-order valence-corrected chi connectivity index (χ3v) is 3.99. The number of aliphatic carboxylic acids is 1. The number of hydrogen-bond acceptors (Lipinski definition) is 3. The van der Waals surface area contributed by atoms with E-state index in [0.29, 0.717) is 0 Å². The average Bonchev–Trinajstić information content (AvgIpc) is 2.52. The van der Waals surface area contributed by atoms with Gasteiger partial charge in [0.1, 0.15) is 5.75 Å². The van der Waals surface area contributed by atoms with Crippen LogP contribution in [0.4, 0.5) is 0 Å². The van der Waals surface area contributed by atoms with Crippen LogP contribution < -0.4 is 4.74 Å². The monoisotopic (exact) mass is 291 g/mol. The van der Waals surface area contributed by atoms with Crippen molar-refractivity contribution < 1.29 is 14.6 Å². The number of benzene rings is 1. The van der Waals surface area contributed by atoms with Gasteiger partial charge < -0.3 is 14.7 Å². The normalized spacial score (nSPS) is 19.3. The maximum Gasteiger partial charge on any atom is 0.307 e. The van der Waals surface area contributed by atoms with Crippen LogP contribution in [0.25, 0.3) is 0 Å². The van der Waals surface area contributed by atoms with Crippen LogP contribution in [0.5, 0.6) is 5.75 Å². The van der Waals surface area contributed by atoms with Gasteiger partial charge in [0.2, 0.25) is 0 Å². The van der Waals surface area contributed by atoms with Crippen LogP contribution in [0.15, 0.2) is 30.3 Å². The topological polar surface area (TPSA) is 49.8 Å². The molecule has 1 saturated heterocycles. The van der Waals surface area contributed by atoms with E-state index in [0.717, 1.165) is 64.1 Å². The Morgan fingerprint density at radius 1 is 1.24 bits per heavy atom. The molecular formula is C17H25NO3. The Hall–Kier alpha value is -1.55. The molecule has 1 N–H and O–H groups in total. The van der Waals surface area contributed by atoms with Crippen LogP contribution in [-0.2, 0) is 4.79 Å². The lowest BCUT2D eigenvalue weighted by Gasteiger charge is -2.30. The standard InChI is InChI=1S/C17H25NO3/c19-17(20)15-8-7-12-18(14-15)11-5-2-6-13-21-16-9-3-1-4-10-16/h1,3-4,9-10,15H,2,5-8,11-14H2,(H,19,20). The number of carboxylic acid groups (broad SMARTS) is 1. The fraction of sp³-hybridized carbons (Fsp3) is 0.588. The minimum absolute atomic E-state index is 0.167. The minimum Gasteiger partial charge on any atom is -0.494 e. The summed E-state index contributed by atoms with van der Waals surface area (Å²) in [7, 11) is 0. The van der Waals surface area contributed by atoms with Crippen molar-refractivity contribution in [2.75, 3.05) is 26.2 Å². The molecule has 116 valence electrons. The highest BCUT2D eigenvalue weighted by Gasteiger charge is 2.24. The molecule has 1 aliphatic heterocycles. The predicted octanol–water partition coefficient (Wildman–Crippen LogP) is 3.03. The molecule has 1 unspecified atom stereocenters. The quantitative estimate of drug-likeness (QED) is 0.748. The number of ether oxygens (including phenoxy) is 1. The highest BCUT2D eigenvalue weighted by molar-refractivity contribution is 5.70. The third-order valence-electron chi connectivity index (χ3n) is 3.99. The van der Waals surface area contributed by atoms with E-state index < -0.39 is 5.97 Å². The summed E-state index contributed by atoms with van der Waals surface area (Å²) in [6, 6.07) is 9.88. The number of hydrogen-bond donors (Lipinski definition) is 1. The molecule has 0 radical (unpaired) electrons. The van der Waals surface area contributed by atoms with Gasteiger partial charge in [-0.05, 0) is 57.3 Å². The fourth-order valence-corrected chi connectivity index (χ4v) is 2.78. The molecule has 0 spiro atoms. The molecule has 4 heteroatoms. The second kappa shape index (κ2) is 8.67. The van der Waals surface area contributed by atoms with Gasteiger partial charge in [-0.25, -0.2) is 0 Å². The molecule has 2 rings (SSSR count). The second-order valence-electron chi connectivity index (χ2n) is 5.70. The van der Waals surface area contributed by atoms with Gasteiger partial charge in [-0.15, -0.1) is 0 Å². The predicted molar refractivity (Wildman–Crippen MR) is 82.6 cm³/mol. The first kappa shape index (κ1) is 15.8. The average molecular weight is 291 g/mol.